The summed E-state index contributed by atoms with van der Waals surface area (Å²) in [6.45, 7) is 2.32. The van der Waals surface area contributed by atoms with Crippen LogP contribution in [0.5, 0.6) is 5.75 Å². The molecule has 208 valence electrons. The number of H-pyrrole nitrogens is 1. The number of nitrogens with one attached hydrogen (secondary N) is 3. The van der Waals surface area contributed by atoms with Gasteiger partial charge in [0, 0.05) is 30.1 Å². The molecule has 0 radical (unpaired) electrons. The molecular weight excluding hydrogens is 521 g/mol. The van der Waals surface area contributed by atoms with Crippen molar-refractivity contribution in [3.05, 3.63) is 89.5 Å². The van der Waals surface area contributed by atoms with Crippen molar-refractivity contribution in [2.45, 2.75) is 25.3 Å². The Kier molecular flexibility index (Phi) is 7.30. The number of aromatic nitrogens is 4. The highest BCUT2D eigenvalue weighted by Gasteiger charge is 2.19. The van der Waals surface area contributed by atoms with Crippen LogP contribution >= 0.6 is 0 Å². The maximum atomic E-state index is 13.7. The number of carbonyl (C=O) groups excluding carboxylic acids is 1. The second-order valence-electron chi connectivity index (χ2n) is 10.1. The number of hydrogen-bond donors (Lipinski definition) is 4. The standard InChI is InChI=1S/C31H30FN7O2/c1-41-26-9-7-22(32)14-23(26)31(40)37-15-18-2-4-20(5-3-18)28-27-29(38-39-30(27)33)24(17-36-28)25-8-6-21(16-35-25)19-10-12-34-13-11-19/h2-9,14,16-17,19,34H,10-13,15H2,1H3,(H,37,40)(H3,33,38,39). The van der Waals surface area contributed by atoms with E-state index in [2.05, 4.69) is 26.9 Å². The van der Waals surface area contributed by atoms with E-state index in [0.717, 1.165) is 65.3 Å². The summed E-state index contributed by atoms with van der Waals surface area (Å²) in [6, 6.07) is 15.7. The minimum Gasteiger partial charge on any atom is -0.496 e. The quantitative estimate of drug-likeness (QED) is 0.228. The molecule has 0 unspecified atom stereocenters. The van der Waals surface area contributed by atoms with Gasteiger partial charge in [-0.15, -0.1) is 0 Å². The SMILES string of the molecule is COc1ccc(F)cc1C(=O)NCc1ccc(-c2ncc(-c3ccc(C4CCNCC4)cn3)c3[nH]nc(N)c23)cc1. The van der Waals surface area contributed by atoms with Gasteiger partial charge in [0.2, 0.25) is 0 Å². The number of amides is 1. The number of aromatic amines is 1. The Bertz CT molecular complexity index is 1690. The zero-order valence-corrected chi connectivity index (χ0v) is 22.6. The molecule has 1 amide bonds. The maximum Gasteiger partial charge on any atom is 0.255 e. The van der Waals surface area contributed by atoms with Crippen LogP contribution in [-0.2, 0) is 6.54 Å². The van der Waals surface area contributed by atoms with Crippen LogP contribution in [0.1, 0.15) is 40.2 Å². The number of piperidine rings is 1. The van der Waals surface area contributed by atoms with E-state index in [-0.39, 0.29) is 12.1 Å². The number of ether oxygens (including phenoxy) is 1. The molecule has 0 saturated carbocycles. The highest BCUT2D eigenvalue weighted by molar-refractivity contribution is 6.05. The molecule has 0 aliphatic carbocycles. The number of benzene rings is 2. The number of rotatable bonds is 7. The normalized spacial score (nSPS) is 13.8. The largest absolute Gasteiger partial charge is 0.496 e. The predicted octanol–water partition coefficient (Wildman–Crippen LogP) is 4.81. The molecule has 1 saturated heterocycles. The number of halogens is 1. The number of hydrogen-bond acceptors (Lipinski definition) is 7. The minimum absolute atomic E-state index is 0.140. The van der Waals surface area contributed by atoms with Crippen LogP contribution in [0.15, 0.2) is 67.0 Å². The van der Waals surface area contributed by atoms with Gasteiger partial charge in [0.15, 0.2) is 5.82 Å². The van der Waals surface area contributed by atoms with E-state index in [1.807, 2.05) is 36.5 Å². The first-order valence-corrected chi connectivity index (χ1v) is 13.5. The Hall–Kier alpha value is -4.83. The molecule has 2 aromatic carbocycles. The summed E-state index contributed by atoms with van der Waals surface area (Å²) in [5.41, 5.74) is 12.5. The Morgan fingerprint density at radius 2 is 1.88 bits per heavy atom. The number of fused-ring (bicyclic) bond motifs is 1. The number of pyridine rings is 2. The van der Waals surface area contributed by atoms with E-state index in [4.69, 9.17) is 20.4 Å². The van der Waals surface area contributed by atoms with Crippen molar-refractivity contribution in [3.8, 4) is 28.3 Å². The molecule has 1 aliphatic rings. The average molecular weight is 552 g/mol. The molecule has 41 heavy (non-hydrogen) atoms. The first-order chi connectivity index (χ1) is 20.0. The van der Waals surface area contributed by atoms with Crippen LogP contribution in [0, 0.1) is 5.82 Å². The van der Waals surface area contributed by atoms with Gasteiger partial charge in [-0.25, -0.2) is 4.39 Å². The monoisotopic (exact) mass is 551 g/mol. The van der Waals surface area contributed by atoms with Gasteiger partial charge < -0.3 is 21.1 Å². The molecule has 4 heterocycles. The first kappa shape index (κ1) is 26.4. The molecule has 10 heteroatoms. The Morgan fingerprint density at radius 1 is 1.07 bits per heavy atom. The molecule has 1 fully saturated rings. The first-order valence-electron chi connectivity index (χ1n) is 13.5. The van der Waals surface area contributed by atoms with Crippen molar-refractivity contribution in [2.24, 2.45) is 0 Å². The fraction of sp³-hybridized carbons (Fsp3) is 0.226. The van der Waals surface area contributed by atoms with Crippen molar-refractivity contribution < 1.29 is 13.9 Å². The summed E-state index contributed by atoms with van der Waals surface area (Å²) < 4.78 is 18.9. The van der Waals surface area contributed by atoms with Crippen molar-refractivity contribution in [1.82, 2.24) is 30.8 Å². The summed E-state index contributed by atoms with van der Waals surface area (Å²) in [6.07, 6.45) is 5.99. The Morgan fingerprint density at radius 3 is 2.61 bits per heavy atom. The zero-order valence-electron chi connectivity index (χ0n) is 22.6. The molecule has 5 N–H and O–H groups in total. The molecule has 5 aromatic rings. The Balaban J connectivity index is 1.22. The number of carbonyl (C=O) groups is 1. The van der Waals surface area contributed by atoms with Crippen molar-refractivity contribution >= 4 is 22.6 Å². The third kappa shape index (κ3) is 5.33. The van der Waals surface area contributed by atoms with Gasteiger partial charge in [-0.1, -0.05) is 30.3 Å². The lowest BCUT2D eigenvalue weighted by molar-refractivity contribution is 0.0947. The molecule has 0 spiro atoms. The van der Waals surface area contributed by atoms with Gasteiger partial charge in [0.05, 0.1) is 35.0 Å². The number of nitrogens with two attached hydrogens (primary N) is 1. The average Bonchev–Trinajstić information content (AvgIpc) is 3.41. The van der Waals surface area contributed by atoms with Gasteiger partial charge in [-0.3, -0.25) is 19.9 Å². The van der Waals surface area contributed by atoms with Crippen LogP contribution in [0.25, 0.3) is 33.4 Å². The number of anilines is 1. The molecular formula is C31H30FN7O2. The topological polar surface area (TPSA) is 131 Å². The van der Waals surface area contributed by atoms with E-state index in [1.54, 1.807) is 6.20 Å². The van der Waals surface area contributed by atoms with E-state index >= 15 is 0 Å². The summed E-state index contributed by atoms with van der Waals surface area (Å²) in [5.74, 6) is 0.266. The number of nitrogen functional groups attached to an aromatic ring is 1. The lowest BCUT2D eigenvalue weighted by Gasteiger charge is -2.22. The van der Waals surface area contributed by atoms with Gasteiger partial charge in [0.1, 0.15) is 11.6 Å². The van der Waals surface area contributed by atoms with E-state index in [9.17, 15) is 9.18 Å². The van der Waals surface area contributed by atoms with Gasteiger partial charge in [0.25, 0.3) is 5.91 Å². The van der Waals surface area contributed by atoms with Crippen LogP contribution in [0.2, 0.25) is 0 Å². The zero-order chi connectivity index (χ0) is 28.3. The fourth-order valence-electron chi connectivity index (χ4n) is 5.34. The second kappa shape index (κ2) is 11.3. The summed E-state index contributed by atoms with van der Waals surface area (Å²) in [7, 11) is 1.44. The van der Waals surface area contributed by atoms with E-state index < -0.39 is 11.7 Å². The molecule has 6 rings (SSSR count). The predicted molar refractivity (Wildman–Crippen MR) is 156 cm³/mol. The third-order valence-electron chi connectivity index (χ3n) is 7.58. The molecule has 9 nitrogen and oxygen atoms in total. The van der Waals surface area contributed by atoms with Crippen LogP contribution in [0.4, 0.5) is 10.2 Å². The molecule has 0 bridgehead atoms. The highest BCUT2D eigenvalue weighted by Crippen LogP contribution is 2.35. The minimum atomic E-state index is -0.506. The third-order valence-corrected chi connectivity index (χ3v) is 7.58. The summed E-state index contributed by atoms with van der Waals surface area (Å²) in [5, 5.41) is 14.3. The molecule has 0 atom stereocenters. The highest BCUT2D eigenvalue weighted by atomic mass is 19.1. The second-order valence-corrected chi connectivity index (χ2v) is 10.1. The van der Waals surface area contributed by atoms with Crippen molar-refractivity contribution in [3.63, 3.8) is 0 Å². The van der Waals surface area contributed by atoms with Gasteiger partial charge >= 0.3 is 0 Å². The lowest BCUT2D eigenvalue weighted by atomic mass is 9.91. The van der Waals surface area contributed by atoms with Gasteiger partial charge in [-0.05, 0) is 67.2 Å². The smallest absolute Gasteiger partial charge is 0.255 e. The van der Waals surface area contributed by atoms with Crippen LogP contribution < -0.4 is 21.1 Å². The molecule has 1 aliphatic heterocycles. The summed E-state index contributed by atoms with van der Waals surface area (Å²) >= 11 is 0. The van der Waals surface area contributed by atoms with E-state index in [1.165, 1.54) is 24.8 Å². The lowest BCUT2D eigenvalue weighted by Crippen LogP contribution is -2.26. The van der Waals surface area contributed by atoms with Gasteiger partial charge in [-0.2, -0.15) is 5.10 Å². The summed E-state index contributed by atoms with van der Waals surface area (Å²) in [4.78, 5) is 22.2. The number of nitrogens with zero attached hydrogens (tertiary/aromatic N) is 3. The van der Waals surface area contributed by atoms with Crippen LogP contribution in [0.3, 0.4) is 0 Å². The maximum absolute atomic E-state index is 13.7. The molecule has 3 aromatic heterocycles. The van der Waals surface area contributed by atoms with Crippen molar-refractivity contribution in [1.29, 1.82) is 0 Å². The fourth-order valence-corrected chi connectivity index (χ4v) is 5.34. The number of methoxy groups -OCH3 is 1. The van der Waals surface area contributed by atoms with Crippen LogP contribution in [-0.4, -0.2) is 46.3 Å². The van der Waals surface area contributed by atoms with E-state index in [0.29, 0.717) is 23.2 Å². The van der Waals surface area contributed by atoms with Crippen molar-refractivity contribution in [2.75, 3.05) is 25.9 Å². The Labute approximate surface area is 236 Å².